The average Bonchev–Trinajstić information content (AvgIpc) is 3.77. The van der Waals surface area contributed by atoms with Gasteiger partial charge in [0.15, 0.2) is 11.5 Å². The standard InChI is InChI=1S/C28H24FN3O5.C2H4O2/c1-35-24-15-21-22(16-25(24)36-2)30-14-11-23(21)37-20-9-7-19(8-10-20)32-27(34)28(12-13-28)26(33)31-18-5-3-17(29)4-6-18;1-2(3)4/h3-11,14-16H,12-13H2,1-2H3,(H,31,33)(H,32,34);1H3,(H,3,4). The number of carbonyl (C=O) groups excluding carboxylic acids is 2. The number of carboxylic acid groups (broad SMARTS) is 1. The summed E-state index contributed by atoms with van der Waals surface area (Å²) in [4.78, 5) is 39.1. The largest absolute Gasteiger partial charge is 0.493 e. The van der Waals surface area contributed by atoms with E-state index in [0.717, 1.165) is 12.3 Å². The van der Waals surface area contributed by atoms with Crippen LogP contribution in [-0.2, 0) is 14.4 Å². The molecule has 41 heavy (non-hydrogen) atoms. The minimum Gasteiger partial charge on any atom is -0.493 e. The maximum Gasteiger partial charge on any atom is 0.300 e. The summed E-state index contributed by atoms with van der Waals surface area (Å²) in [6.07, 6.45) is 2.52. The van der Waals surface area contributed by atoms with Crippen molar-refractivity contribution in [2.75, 3.05) is 24.9 Å². The molecule has 0 saturated heterocycles. The van der Waals surface area contributed by atoms with Gasteiger partial charge in [0.25, 0.3) is 5.97 Å². The Morgan fingerprint density at radius 3 is 1.85 bits per heavy atom. The normalized spacial score (nSPS) is 12.8. The molecule has 2 amide bonds. The molecule has 0 atom stereocenters. The highest BCUT2D eigenvalue weighted by Crippen LogP contribution is 2.47. The fourth-order valence-electron chi connectivity index (χ4n) is 3.99. The molecule has 3 N–H and O–H groups in total. The number of hydrogen-bond donors (Lipinski definition) is 3. The molecule has 0 spiro atoms. The lowest BCUT2D eigenvalue weighted by Gasteiger charge is -2.16. The lowest BCUT2D eigenvalue weighted by molar-refractivity contribution is -0.134. The van der Waals surface area contributed by atoms with Gasteiger partial charge in [0, 0.05) is 35.9 Å². The first-order valence-corrected chi connectivity index (χ1v) is 12.5. The van der Waals surface area contributed by atoms with Crippen molar-refractivity contribution < 1.29 is 38.1 Å². The van der Waals surface area contributed by atoms with E-state index in [1.165, 1.54) is 24.3 Å². The number of rotatable bonds is 8. The number of carboxylic acids is 1. The van der Waals surface area contributed by atoms with E-state index in [-0.39, 0.29) is 5.91 Å². The van der Waals surface area contributed by atoms with Crippen molar-refractivity contribution in [3.8, 4) is 23.0 Å². The molecule has 5 rings (SSSR count). The van der Waals surface area contributed by atoms with Crippen molar-refractivity contribution in [3.63, 3.8) is 0 Å². The maximum absolute atomic E-state index is 13.1. The Balaban J connectivity index is 0.000000909. The van der Waals surface area contributed by atoms with Crippen molar-refractivity contribution in [2.24, 2.45) is 5.41 Å². The predicted molar refractivity (Wildman–Crippen MR) is 150 cm³/mol. The molecule has 10 nitrogen and oxygen atoms in total. The second-order valence-electron chi connectivity index (χ2n) is 9.18. The smallest absolute Gasteiger partial charge is 0.300 e. The Morgan fingerprint density at radius 1 is 0.829 bits per heavy atom. The summed E-state index contributed by atoms with van der Waals surface area (Å²) in [5.74, 6) is 0.229. The lowest BCUT2D eigenvalue weighted by atomic mass is 10.0. The van der Waals surface area contributed by atoms with Crippen LogP contribution < -0.4 is 24.8 Å². The van der Waals surface area contributed by atoms with Crippen LogP contribution in [0.1, 0.15) is 19.8 Å². The van der Waals surface area contributed by atoms with Crippen LogP contribution in [0.5, 0.6) is 23.0 Å². The van der Waals surface area contributed by atoms with Crippen molar-refractivity contribution in [3.05, 3.63) is 78.7 Å². The summed E-state index contributed by atoms with van der Waals surface area (Å²) in [7, 11) is 3.12. The Bertz CT molecular complexity index is 1570. The Labute approximate surface area is 235 Å². The number of nitrogens with one attached hydrogen (secondary N) is 2. The zero-order chi connectivity index (χ0) is 29.6. The zero-order valence-corrected chi connectivity index (χ0v) is 22.6. The molecule has 1 fully saturated rings. The summed E-state index contributed by atoms with van der Waals surface area (Å²) in [5, 5.41) is 13.7. The fourth-order valence-corrected chi connectivity index (χ4v) is 3.99. The van der Waals surface area contributed by atoms with Crippen LogP contribution in [0, 0.1) is 11.2 Å². The van der Waals surface area contributed by atoms with Crippen LogP contribution in [0.2, 0.25) is 0 Å². The van der Waals surface area contributed by atoms with Gasteiger partial charge >= 0.3 is 0 Å². The third-order valence-corrected chi connectivity index (χ3v) is 6.27. The van der Waals surface area contributed by atoms with E-state index < -0.39 is 23.1 Å². The van der Waals surface area contributed by atoms with E-state index in [2.05, 4.69) is 15.6 Å². The number of hydrogen-bond acceptors (Lipinski definition) is 7. The topological polar surface area (TPSA) is 136 Å². The average molecular weight is 562 g/mol. The second-order valence-corrected chi connectivity index (χ2v) is 9.18. The van der Waals surface area contributed by atoms with Gasteiger partial charge < -0.3 is 30.0 Å². The molecular weight excluding hydrogens is 533 g/mol. The third kappa shape index (κ3) is 6.88. The first-order chi connectivity index (χ1) is 19.6. The van der Waals surface area contributed by atoms with Crippen LogP contribution in [-0.4, -0.2) is 42.1 Å². The number of fused-ring (bicyclic) bond motifs is 1. The number of ether oxygens (including phenoxy) is 3. The molecule has 1 heterocycles. The number of benzene rings is 3. The Hall–Kier alpha value is -5.19. The molecule has 4 aromatic rings. The zero-order valence-electron chi connectivity index (χ0n) is 22.6. The molecule has 0 bridgehead atoms. The van der Waals surface area contributed by atoms with E-state index in [0.29, 0.717) is 52.7 Å². The van der Waals surface area contributed by atoms with Gasteiger partial charge in [0.2, 0.25) is 11.8 Å². The second kappa shape index (κ2) is 12.3. The number of aromatic nitrogens is 1. The molecule has 1 aromatic heterocycles. The molecule has 0 radical (unpaired) electrons. The van der Waals surface area contributed by atoms with Gasteiger partial charge in [-0.15, -0.1) is 0 Å². The van der Waals surface area contributed by atoms with Crippen molar-refractivity contribution >= 4 is 40.1 Å². The van der Waals surface area contributed by atoms with Crippen LogP contribution >= 0.6 is 0 Å². The molecular formula is C30H28FN3O7. The Kier molecular flexibility index (Phi) is 8.66. The van der Waals surface area contributed by atoms with E-state index in [4.69, 9.17) is 24.1 Å². The SMILES string of the molecule is CC(=O)O.COc1cc2nccc(Oc3ccc(NC(=O)C4(C(=O)Nc5ccc(F)cc5)CC4)cc3)c2cc1OC. The third-order valence-electron chi connectivity index (χ3n) is 6.27. The predicted octanol–water partition coefficient (Wildman–Crippen LogP) is 5.63. The number of carbonyl (C=O) groups is 3. The van der Waals surface area contributed by atoms with Gasteiger partial charge in [0.1, 0.15) is 22.7 Å². The molecule has 0 aliphatic heterocycles. The summed E-state index contributed by atoms with van der Waals surface area (Å²) < 4.78 is 29.9. The first kappa shape index (κ1) is 28.8. The number of pyridine rings is 1. The fraction of sp³-hybridized carbons (Fsp3) is 0.200. The van der Waals surface area contributed by atoms with Gasteiger partial charge in [-0.3, -0.25) is 19.4 Å². The molecule has 11 heteroatoms. The van der Waals surface area contributed by atoms with Gasteiger partial charge in [-0.2, -0.15) is 0 Å². The highest BCUT2D eigenvalue weighted by molar-refractivity contribution is 6.16. The maximum atomic E-state index is 13.1. The molecule has 3 aromatic carbocycles. The van der Waals surface area contributed by atoms with E-state index in [1.54, 1.807) is 62.9 Å². The van der Waals surface area contributed by atoms with E-state index >= 15 is 0 Å². The quantitative estimate of drug-likeness (QED) is 0.236. The number of nitrogens with zero attached hydrogens (tertiary/aromatic N) is 1. The highest BCUT2D eigenvalue weighted by atomic mass is 19.1. The number of halogens is 1. The minimum absolute atomic E-state index is 0.387. The van der Waals surface area contributed by atoms with Gasteiger partial charge in [0.05, 0.1) is 19.7 Å². The Morgan fingerprint density at radius 2 is 1.34 bits per heavy atom. The van der Waals surface area contributed by atoms with Gasteiger partial charge in [-0.1, -0.05) is 0 Å². The molecule has 1 aliphatic carbocycles. The molecule has 0 unspecified atom stereocenters. The van der Waals surface area contributed by atoms with Crippen molar-refractivity contribution in [1.29, 1.82) is 0 Å². The van der Waals surface area contributed by atoms with Crippen LogP contribution in [0.3, 0.4) is 0 Å². The highest BCUT2D eigenvalue weighted by Gasteiger charge is 2.56. The minimum atomic E-state index is -1.14. The number of methoxy groups -OCH3 is 2. The van der Waals surface area contributed by atoms with Crippen molar-refractivity contribution in [1.82, 2.24) is 4.98 Å². The molecule has 1 aliphatic rings. The lowest BCUT2D eigenvalue weighted by Crippen LogP contribution is -2.35. The number of aliphatic carboxylic acids is 1. The summed E-state index contributed by atoms with van der Waals surface area (Å²) in [6.45, 7) is 1.08. The van der Waals surface area contributed by atoms with Gasteiger partial charge in [-0.25, -0.2) is 4.39 Å². The number of amides is 2. The van der Waals surface area contributed by atoms with E-state index in [1.807, 2.05) is 0 Å². The van der Waals surface area contributed by atoms with Gasteiger partial charge in [-0.05, 0) is 73.5 Å². The van der Waals surface area contributed by atoms with Crippen LogP contribution in [0.25, 0.3) is 10.9 Å². The van der Waals surface area contributed by atoms with Crippen LogP contribution in [0.15, 0.2) is 72.9 Å². The summed E-state index contributed by atoms with van der Waals surface area (Å²) in [5.41, 5.74) is 0.517. The monoisotopic (exact) mass is 561 g/mol. The molecule has 212 valence electrons. The van der Waals surface area contributed by atoms with E-state index in [9.17, 15) is 14.0 Å². The first-order valence-electron chi connectivity index (χ1n) is 12.5. The summed E-state index contributed by atoms with van der Waals surface area (Å²) in [6, 6.07) is 17.6. The van der Waals surface area contributed by atoms with Crippen LogP contribution in [0.4, 0.5) is 15.8 Å². The summed E-state index contributed by atoms with van der Waals surface area (Å²) >= 11 is 0. The van der Waals surface area contributed by atoms with Crippen molar-refractivity contribution in [2.45, 2.75) is 19.8 Å². The molecule has 1 saturated carbocycles. The number of anilines is 2.